The minimum Gasteiger partial charge on any atom is -0.395 e. The number of methoxy groups -OCH3 is 1. The van der Waals surface area contributed by atoms with E-state index in [1.807, 2.05) is 11.4 Å². The maximum atomic E-state index is 11.4. The first kappa shape index (κ1) is 14.7. The van der Waals surface area contributed by atoms with Crippen molar-refractivity contribution in [2.45, 2.75) is 19.4 Å². The van der Waals surface area contributed by atoms with Crippen LogP contribution in [0.25, 0.3) is 0 Å². The van der Waals surface area contributed by atoms with Crippen molar-refractivity contribution in [3.05, 3.63) is 21.9 Å². The summed E-state index contributed by atoms with van der Waals surface area (Å²) in [6.07, 6.45) is 0.836. The molecule has 1 aromatic heterocycles. The molecule has 0 fully saturated rings. The lowest BCUT2D eigenvalue weighted by molar-refractivity contribution is -0.122. The number of aliphatic hydroxyl groups is 1. The zero-order valence-corrected chi connectivity index (χ0v) is 11.2. The van der Waals surface area contributed by atoms with Gasteiger partial charge in [-0.1, -0.05) is 11.8 Å². The van der Waals surface area contributed by atoms with Crippen molar-refractivity contribution in [3.63, 3.8) is 0 Å². The molecule has 2 N–H and O–H groups in total. The van der Waals surface area contributed by atoms with E-state index in [9.17, 15) is 4.79 Å². The van der Waals surface area contributed by atoms with Crippen molar-refractivity contribution in [2.75, 3.05) is 20.3 Å². The van der Waals surface area contributed by atoms with E-state index < -0.39 is 0 Å². The maximum absolute atomic E-state index is 11.4. The smallest absolute Gasteiger partial charge is 0.222 e. The Morgan fingerprint density at radius 3 is 3.17 bits per heavy atom. The third-order valence-corrected chi connectivity index (χ3v) is 3.11. The van der Waals surface area contributed by atoms with Crippen LogP contribution in [0, 0.1) is 11.8 Å². The van der Waals surface area contributed by atoms with Gasteiger partial charge in [-0.15, -0.1) is 11.3 Å². The summed E-state index contributed by atoms with van der Waals surface area (Å²) in [5, 5.41) is 13.4. The topological polar surface area (TPSA) is 58.6 Å². The van der Waals surface area contributed by atoms with Gasteiger partial charge in [0.2, 0.25) is 5.91 Å². The van der Waals surface area contributed by atoms with Crippen molar-refractivity contribution in [1.82, 2.24) is 5.32 Å². The molecule has 0 aliphatic rings. The van der Waals surface area contributed by atoms with Gasteiger partial charge in [0.05, 0.1) is 19.8 Å². The van der Waals surface area contributed by atoms with E-state index >= 15 is 0 Å². The van der Waals surface area contributed by atoms with Gasteiger partial charge in [0, 0.05) is 30.4 Å². The normalized spacial score (nSPS) is 9.67. The van der Waals surface area contributed by atoms with Gasteiger partial charge in [0.15, 0.2) is 0 Å². The molecule has 0 bridgehead atoms. The van der Waals surface area contributed by atoms with E-state index in [0.29, 0.717) is 26.0 Å². The monoisotopic (exact) mass is 267 g/mol. The summed E-state index contributed by atoms with van der Waals surface area (Å²) in [5.41, 5.74) is 0.917. The second-order valence-electron chi connectivity index (χ2n) is 3.55. The number of nitrogens with one attached hydrogen (secondary N) is 1. The van der Waals surface area contributed by atoms with Crippen LogP contribution in [0.3, 0.4) is 0 Å². The average Bonchev–Trinajstić information content (AvgIpc) is 2.82. The summed E-state index contributed by atoms with van der Waals surface area (Å²) in [6, 6.07) is 1.92. The number of amides is 1. The van der Waals surface area contributed by atoms with Crippen LogP contribution in [0.1, 0.15) is 23.3 Å². The van der Waals surface area contributed by atoms with Crippen molar-refractivity contribution in [1.29, 1.82) is 0 Å². The van der Waals surface area contributed by atoms with Gasteiger partial charge < -0.3 is 15.2 Å². The molecule has 1 aromatic rings. The highest BCUT2D eigenvalue weighted by Gasteiger charge is 2.04. The molecule has 4 nitrogen and oxygen atoms in total. The first-order chi connectivity index (χ1) is 8.77. The molecule has 0 aliphatic heterocycles. The Kier molecular flexibility index (Phi) is 7.11. The largest absolute Gasteiger partial charge is 0.395 e. The fourth-order valence-electron chi connectivity index (χ4n) is 1.26. The summed E-state index contributed by atoms with van der Waals surface area (Å²) in [4.78, 5) is 12.4. The Balaban J connectivity index is 2.46. The summed E-state index contributed by atoms with van der Waals surface area (Å²) in [6.45, 7) is 0.989. The Bertz CT molecular complexity index is 431. The number of hydrogen-bond acceptors (Lipinski definition) is 4. The molecule has 0 atom stereocenters. The molecule has 1 heterocycles. The first-order valence-corrected chi connectivity index (χ1v) is 6.57. The SMILES string of the molecule is COCCC(=O)NCc1sccc1C#CCCO. The molecule has 5 heteroatoms. The second kappa shape index (κ2) is 8.70. The summed E-state index contributed by atoms with van der Waals surface area (Å²) < 4.78 is 4.83. The molecule has 0 saturated carbocycles. The highest BCUT2D eigenvalue weighted by atomic mass is 32.1. The van der Waals surface area contributed by atoms with Crippen LogP contribution < -0.4 is 5.32 Å². The molecule has 18 heavy (non-hydrogen) atoms. The highest BCUT2D eigenvalue weighted by Crippen LogP contribution is 2.15. The van der Waals surface area contributed by atoms with Crippen LogP contribution in [0.4, 0.5) is 0 Å². The molecule has 1 amide bonds. The van der Waals surface area contributed by atoms with Crippen LogP contribution in [-0.2, 0) is 16.1 Å². The predicted molar refractivity (Wildman–Crippen MR) is 71.2 cm³/mol. The molecule has 0 radical (unpaired) electrons. The standard InChI is InChI=1S/C13H17NO3S/c1-17-8-5-13(16)14-10-12-11(6-9-18-12)4-2-3-7-15/h6,9,15H,3,5,7-8,10H2,1H3,(H,14,16). The van der Waals surface area contributed by atoms with E-state index in [0.717, 1.165) is 10.4 Å². The molecule has 0 unspecified atom stereocenters. The summed E-state index contributed by atoms with van der Waals surface area (Å²) >= 11 is 1.56. The molecular weight excluding hydrogens is 250 g/mol. The Morgan fingerprint density at radius 1 is 1.61 bits per heavy atom. The van der Waals surface area contributed by atoms with Gasteiger partial charge in [0.1, 0.15) is 0 Å². The highest BCUT2D eigenvalue weighted by molar-refractivity contribution is 7.10. The van der Waals surface area contributed by atoms with Crippen molar-refractivity contribution in [2.24, 2.45) is 0 Å². The van der Waals surface area contributed by atoms with Crippen LogP contribution in [-0.4, -0.2) is 31.3 Å². The number of carbonyl (C=O) groups excluding carboxylic acids is 1. The summed E-state index contributed by atoms with van der Waals surface area (Å²) in [7, 11) is 1.57. The zero-order valence-electron chi connectivity index (χ0n) is 10.4. The molecule has 0 spiro atoms. The van der Waals surface area contributed by atoms with E-state index in [2.05, 4.69) is 17.2 Å². The zero-order chi connectivity index (χ0) is 13.2. The number of carbonyl (C=O) groups is 1. The average molecular weight is 267 g/mol. The molecule has 1 rings (SSSR count). The van der Waals surface area contributed by atoms with E-state index in [4.69, 9.17) is 9.84 Å². The van der Waals surface area contributed by atoms with E-state index in [-0.39, 0.29) is 12.5 Å². The van der Waals surface area contributed by atoms with Gasteiger partial charge >= 0.3 is 0 Å². The first-order valence-electron chi connectivity index (χ1n) is 5.69. The molecule has 0 saturated heterocycles. The quantitative estimate of drug-likeness (QED) is 0.760. The Morgan fingerprint density at radius 2 is 2.44 bits per heavy atom. The lowest BCUT2D eigenvalue weighted by Crippen LogP contribution is -2.23. The van der Waals surface area contributed by atoms with Crippen molar-refractivity contribution in [3.8, 4) is 11.8 Å². The van der Waals surface area contributed by atoms with Gasteiger partial charge in [-0.05, 0) is 11.4 Å². The predicted octanol–water partition coefficient (Wildman–Crippen LogP) is 1.13. The number of ether oxygens (including phenoxy) is 1. The Hall–Kier alpha value is -1.35. The van der Waals surface area contributed by atoms with E-state index in [1.165, 1.54) is 0 Å². The molecule has 0 aliphatic carbocycles. The minimum absolute atomic E-state index is 0.0282. The van der Waals surface area contributed by atoms with Crippen LogP contribution in [0.5, 0.6) is 0 Å². The van der Waals surface area contributed by atoms with Gasteiger partial charge in [-0.25, -0.2) is 0 Å². The van der Waals surface area contributed by atoms with Crippen molar-refractivity contribution < 1.29 is 14.6 Å². The molecule has 0 aromatic carbocycles. The van der Waals surface area contributed by atoms with E-state index in [1.54, 1.807) is 18.4 Å². The molecule has 98 valence electrons. The van der Waals surface area contributed by atoms with Gasteiger partial charge in [-0.3, -0.25) is 4.79 Å². The van der Waals surface area contributed by atoms with Gasteiger partial charge in [0.25, 0.3) is 0 Å². The molecular formula is C13H17NO3S. The lowest BCUT2D eigenvalue weighted by Gasteiger charge is -2.03. The second-order valence-corrected chi connectivity index (χ2v) is 4.55. The maximum Gasteiger partial charge on any atom is 0.222 e. The van der Waals surface area contributed by atoms with Crippen LogP contribution in [0.15, 0.2) is 11.4 Å². The number of thiophene rings is 1. The number of rotatable bonds is 6. The fourth-order valence-corrected chi connectivity index (χ4v) is 2.03. The van der Waals surface area contributed by atoms with Crippen molar-refractivity contribution >= 4 is 17.2 Å². The van der Waals surface area contributed by atoms with Crippen LogP contribution >= 0.6 is 11.3 Å². The fraction of sp³-hybridized carbons (Fsp3) is 0.462. The number of aliphatic hydroxyl groups excluding tert-OH is 1. The third kappa shape index (κ3) is 5.32. The minimum atomic E-state index is -0.0282. The van der Waals surface area contributed by atoms with Crippen LogP contribution in [0.2, 0.25) is 0 Å². The Labute approximate surface area is 111 Å². The lowest BCUT2D eigenvalue weighted by atomic mass is 10.2. The third-order valence-electron chi connectivity index (χ3n) is 2.18. The summed E-state index contributed by atoms with van der Waals surface area (Å²) in [5.74, 6) is 5.83. The van der Waals surface area contributed by atoms with Gasteiger partial charge in [-0.2, -0.15) is 0 Å². The number of hydrogen-bond donors (Lipinski definition) is 2.